The third-order valence-corrected chi connectivity index (χ3v) is 4.13. The summed E-state index contributed by atoms with van der Waals surface area (Å²) < 4.78 is 0. The largest absolute Gasteiger partial charge is 0.0882 e. The van der Waals surface area contributed by atoms with E-state index in [2.05, 4.69) is 79.7 Å². The number of benzene rings is 2. The Kier molecular flexibility index (Phi) is 3.25. The Morgan fingerprint density at radius 3 is 1.95 bits per heavy atom. The maximum atomic E-state index is 3.89. The molecule has 1 unspecified atom stereocenters. The molecule has 3 rings (SSSR count). The van der Waals surface area contributed by atoms with Crippen molar-refractivity contribution in [2.24, 2.45) is 5.92 Å². The molecule has 95 valence electrons. The molecule has 1 aliphatic rings. The molecule has 1 fully saturated rings. The van der Waals surface area contributed by atoms with Crippen LogP contribution in [0, 0.1) is 12.8 Å². The fourth-order valence-electron chi connectivity index (χ4n) is 3.08. The maximum Gasteiger partial charge on any atom is 0.0271 e. The highest BCUT2D eigenvalue weighted by Crippen LogP contribution is 2.59. The smallest absolute Gasteiger partial charge is 0.0271 e. The van der Waals surface area contributed by atoms with Gasteiger partial charge in [-0.25, -0.2) is 0 Å². The highest BCUT2D eigenvalue weighted by Gasteiger charge is 2.54. The van der Waals surface area contributed by atoms with Crippen LogP contribution >= 0.6 is 0 Å². The zero-order valence-electron chi connectivity index (χ0n) is 11.1. The van der Waals surface area contributed by atoms with Crippen LogP contribution in [-0.4, -0.2) is 0 Å². The number of hydrogen-bond donors (Lipinski definition) is 0. The van der Waals surface area contributed by atoms with Gasteiger partial charge in [-0.1, -0.05) is 72.8 Å². The second-order valence-corrected chi connectivity index (χ2v) is 5.23. The molecule has 2 aromatic rings. The van der Waals surface area contributed by atoms with Crippen molar-refractivity contribution in [2.45, 2.75) is 18.3 Å². The molecular weight excluding hydrogens is 228 g/mol. The number of hydrogen-bond acceptors (Lipinski definition) is 0. The van der Waals surface area contributed by atoms with Crippen molar-refractivity contribution in [3.63, 3.8) is 0 Å². The molecule has 0 spiro atoms. The molecule has 0 bridgehead atoms. The summed E-state index contributed by atoms with van der Waals surface area (Å²) in [4.78, 5) is 0. The second kappa shape index (κ2) is 5.05. The molecular formula is C19H19. The highest BCUT2D eigenvalue weighted by molar-refractivity contribution is 5.48. The fraction of sp³-hybridized carbons (Fsp3) is 0.211. The van der Waals surface area contributed by atoms with E-state index in [4.69, 9.17) is 0 Å². The van der Waals surface area contributed by atoms with E-state index in [1.807, 2.05) is 0 Å². The van der Waals surface area contributed by atoms with Crippen molar-refractivity contribution in [3.05, 3.63) is 90.9 Å². The highest BCUT2D eigenvalue weighted by atomic mass is 14.6. The van der Waals surface area contributed by atoms with Crippen molar-refractivity contribution < 1.29 is 0 Å². The van der Waals surface area contributed by atoms with Crippen LogP contribution < -0.4 is 0 Å². The zero-order chi connectivity index (χ0) is 13.1. The summed E-state index contributed by atoms with van der Waals surface area (Å²) in [6.07, 6.45) is 6.61. The SMILES string of the molecule is [CH2]C/C=C/C1CC1(c1ccccc1)c1ccccc1. The van der Waals surface area contributed by atoms with Crippen molar-refractivity contribution >= 4 is 0 Å². The molecule has 19 heavy (non-hydrogen) atoms. The Bertz CT molecular complexity index is 512. The fourth-order valence-corrected chi connectivity index (χ4v) is 3.08. The van der Waals surface area contributed by atoms with Crippen molar-refractivity contribution in [3.8, 4) is 0 Å². The molecule has 0 heteroatoms. The van der Waals surface area contributed by atoms with Crippen LogP contribution in [0.5, 0.6) is 0 Å². The summed E-state index contributed by atoms with van der Waals surface area (Å²) in [6.45, 7) is 3.89. The summed E-state index contributed by atoms with van der Waals surface area (Å²) >= 11 is 0. The monoisotopic (exact) mass is 247 g/mol. The van der Waals surface area contributed by atoms with Gasteiger partial charge < -0.3 is 0 Å². The van der Waals surface area contributed by atoms with Crippen LogP contribution in [0.15, 0.2) is 72.8 Å². The molecule has 1 atom stereocenters. The summed E-state index contributed by atoms with van der Waals surface area (Å²) in [7, 11) is 0. The lowest BCUT2D eigenvalue weighted by atomic mass is 9.85. The van der Waals surface area contributed by atoms with Gasteiger partial charge >= 0.3 is 0 Å². The summed E-state index contributed by atoms with van der Waals surface area (Å²) in [5.74, 6) is 0.610. The Morgan fingerprint density at radius 2 is 1.47 bits per heavy atom. The molecule has 1 radical (unpaired) electrons. The Hall–Kier alpha value is -1.82. The molecule has 0 saturated heterocycles. The van der Waals surface area contributed by atoms with Crippen molar-refractivity contribution in [2.75, 3.05) is 0 Å². The minimum absolute atomic E-state index is 0.189. The van der Waals surface area contributed by atoms with Crippen LogP contribution in [0.1, 0.15) is 24.0 Å². The Labute approximate surface area is 115 Å². The minimum Gasteiger partial charge on any atom is -0.0882 e. The topological polar surface area (TPSA) is 0 Å². The lowest BCUT2D eigenvalue weighted by molar-refractivity contribution is 0.789. The van der Waals surface area contributed by atoms with Gasteiger partial charge in [0.15, 0.2) is 0 Å². The molecule has 2 aromatic carbocycles. The first-order valence-corrected chi connectivity index (χ1v) is 6.95. The van der Waals surface area contributed by atoms with E-state index < -0.39 is 0 Å². The van der Waals surface area contributed by atoms with E-state index in [1.54, 1.807) is 0 Å². The molecule has 0 aromatic heterocycles. The summed E-state index contributed by atoms with van der Waals surface area (Å²) in [5.41, 5.74) is 3.05. The van der Waals surface area contributed by atoms with Crippen LogP contribution in [0.3, 0.4) is 0 Å². The van der Waals surface area contributed by atoms with Gasteiger partial charge in [0.25, 0.3) is 0 Å². The lowest BCUT2D eigenvalue weighted by Gasteiger charge is -2.18. The maximum absolute atomic E-state index is 3.89. The van der Waals surface area contributed by atoms with Crippen LogP contribution in [0.2, 0.25) is 0 Å². The average Bonchev–Trinajstić information content (AvgIpc) is 3.23. The molecule has 1 saturated carbocycles. The zero-order valence-corrected chi connectivity index (χ0v) is 11.1. The quantitative estimate of drug-likeness (QED) is 0.682. The second-order valence-electron chi connectivity index (χ2n) is 5.23. The average molecular weight is 247 g/mol. The third-order valence-electron chi connectivity index (χ3n) is 4.13. The van der Waals surface area contributed by atoms with Crippen molar-refractivity contribution in [1.82, 2.24) is 0 Å². The van der Waals surface area contributed by atoms with E-state index in [1.165, 1.54) is 17.5 Å². The third kappa shape index (κ3) is 2.12. The van der Waals surface area contributed by atoms with Crippen LogP contribution in [0.4, 0.5) is 0 Å². The molecule has 0 aliphatic heterocycles. The van der Waals surface area contributed by atoms with Crippen LogP contribution in [-0.2, 0) is 5.41 Å². The molecule has 0 heterocycles. The van der Waals surface area contributed by atoms with E-state index in [0.29, 0.717) is 5.92 Å². The van der Waals surface area contributed by atoms with Gasteiger partial charge in [-0.3, -0.25) is 0 Å². The minimum atomic E-state index is 0.189. The van der Waals surface area contributed by atoms with Crippen molar-refractivity contribution in [1.29, 1.82) is 0 Å². The van der Waals surface area contributed by atoms with E-state index in [9.17, 15) is 0 Å². The summed E-state index contributed by atoms with van der Waals surface area (Å²) in [5, 5.41) is 0. The number of rotatable bonds is 4. The van der Waals surface area contributed by atoms with Gasteiger partial charge in [-0.15, -0.1) is 0 Å². The standard InChI is InChI=1S/C19H19/c1-2-3-10-18-15-19(18,16-11-6-4-7-12-16)17-13-8-5-9-14-17/h3-14,18H,1-2,15H2/b10-3+. The normalized spacial score (nSPS) is 20.6. The first-order valence-electron chi connectivity index (χ1n) is 6.95. The van der Waals surface area contributed by atoms with Gasteiger partial charge in [-0.2, -0.15) is 0 Å². The first kappa shape index (κ1) is 12.2. The van der Waals surface area contributed by atoms with Gasteiger partial charge in [0, 0.05) is 5.41 Å². The predicted octanol–water partition coefficient (Wildman–Crippen LogP) is 4.77. The predicted molar refractivity (Wildman–Crippen MR) is 80.9 cm³/mol. The van der Waals surface area contributed by atoms with E-state index >= 15 is 0 Å². The molecule has 0 amide bonds. The van der Waals surface area contributed by atoms with Gasteiger partial charge in [0.1, 0.15) is 0 Å². The first-order chi connectivity index (χ1) is 9.38. The van der Waals surface area contributed by atoms with Gasteiger partial charge in [0.05, 0.1) is 0 Å². The molecule has 0 N–H and O–H groups in total. The summed E-state index contributed by atoms with van der Waals surface area (Å²) in [6, 6.07) is 21.8. The van der Waals surface area contributed by atoms with E-state index in [-0.39, 0.29) is 5.41 Å². The molecule has 0 nitrogen and oxygen atoms in total. The Balaban J connectivity index is 2.02. The van der Waals surface area contributed by atoms with Gasteiger partial charge in [-0.05, 0) is 36.8 Å². The van der Waals surface area contributed by atoms with Gasteiger partial charge in [0.2, 0.25) is 0 Å². The lowest BCUT2D eigenvalue weighted by Crippen LogP contribution is -2.11. The van der Waals surface area contributed by atoms with E-state index in [0.717, 1.165) is 6.42 Å². The Morgan fingerprint density at radius 1 is 0.947 bits per heavy atom. The molecule has 1 aliphatic carbocycles. The van der Waals surface area contributed by atoms with Crippen LogP contribution in [0.25, 0.3) is 0 Å². The number of allylic oxidation sites excluding steroid dienone is 2.